The zero-order chi connectivity index (χ0) is 10.6. The van der Waals surface area contributed by atoms with Gasteiger partial charge >= 0.3 is 5.97 Å². The SMILES string of the molecule is C=CCn1c(S)nnc1CCC(=O)O. The fraction of sp³-hybridized carbons (Fsp3) is 0.375. The van der Waals surface area contributed by atoms with Gasteiger partial charge in [-0.3, -0.25) is 4.79 Å². The molecule has 14 heavy (non-hydrogen) atoms. The Kier molecular flexibility index (Phi) is 3.70. The number of nitrogens with zero attached hydrogens (tertiary/aromatic N) is 3. The first-order chi connectivity index (χ1) is 6.65. The average Bonchev–Trinajstić information content (AvgIpc) is 2.46. The topological polar surface area (TPSA) is 68.0 Å². The molecule has 1 aromatic rings. The molecule has 76 valence electrons. The third-order valence-electron chi connectivity index (χ3n) is 1.68. The number of thiol groups is 1. The van der Waals surface area contributed by atoms with Crippen LogP contribution in [0.25, 0.3) is 0 Å². The van der Waals surface area contributed by atoms with Crippen LogP contribution < -0.4 is 0 Å². The fourth-order valence-electron chi connectivity index (χ4n) is 1.05. The minimum absolute atomic E-state index is 0.0447. The number of carboxylic acids is 1. The molecule has 0 aromatic carbocycles. The number of aromatic nitrogens is 3. The highest BCUT2D eigenvalue weighted by Crippen LogP contribution is 2.08. The Morgan fingerprint density at radius 2 is 2.36 bits per heavy atom. The van der Waals surface area contributed by atoms with Gasteiger partial charge in [-0.1, -0.05) is 6.08 Å². The molecule has 1 heterocycles. The zero-order valence-electron chi connectivity index (χ0n) is 7.55. The normalized spacial score (nSPS) is 10.1. The lowest BCUT2D eigenvalue weighted by atomic mass is 10.3. The number of carboxylic acid groups (broad SMARTS) is 1. The van der Waals surface area contributed by atoms with E-state index in [1.54, 1.807) is 10.6 Å². The second-order valence-corrected chi connectivity index (χ2v) is 3.11. The van der Waals surface area contributed by atoms with E-state index in [9.17, 15) is 4.79 Å². The summed E-state index contributed by atoms with van der Waals surface area (Å²) >= 11 is 4.09. The molecule has 1 aromatic heterocycles. The van der Waals surface area contributed by atoms with Gasteiger partial charge in [0.2, 0.25) is 0 Å². The van der Waals surface area contributed by atoms with Crippen molar-refractivity contribution in [1.82, 2.24) is 14.8 Å². The smallest absolute Gasteiger partial charge is 0.303 e. The van der Waals surface area contributed by atoms with E-state index in [-0.39, 0.29) is 6.42 Å². The summed E-state index contributed by atoms with van der Waals surface area (Å²) < 4.78 is 1.72. The minimum atomic E-state index is -0.848. The van der Waals surface area contributed by atoms with Crippen molar-refractivity contribution in [2.45, 2.75) is 24.5 Å². The van der Waals surface area contributed by atoms with Gasteiger partial charge in [0, 0.05) is 13.0 Å². The Morgan fingerprint density at radius 1 is 1.64 bits per heavy atom. The predicted octanol–water partition coefficient (Wildman–Crippen LogP) is 0.770. The quantitative estimate of drug-likeness (QED) is 0.560. The number of aliphatic carboxylic acids is 1. The highest BCUT2D eigenvalue weighted by Gasteiger charge is 2.09. The molecule has 1 rings (SSSR count). The lowest BCUT2D eigenvalue weighted by Gasteiger charge is -2.02. The molecular weight excluding hydrogens is 202 g/mol. The van der Waals surface area contributed by atoms with E-state index >= 15 is 0 Å². The van der Waals surface area contributed by atoms with E-state index < -0.39 is 5.97 Å². The maximum Gasteiger partial charge on any atom is 0.303 e. The van der Waals surface area contributed by atoms with Crippen molar-refractivity contribution in [1.29, 1.82) is 0 Å². The van der Waals surface area contributed by atoms with Crippen LogP contribution in [0.4, 0.5) is 0 Å². The first kappa shape index (κ1) is 10.8. The van der Waals surface area contributed by atoms with Crippen LogP contribution in [0.3, 0.4) is 0 Å². The van der Waals surface area contributed by atoms with Crippen molar-refractivity contribution in [3.63, 3.8) is 0 Å². The molecule has 0 fully saturated rings. The van der Waals surface area contributed by atoms with E-state index in [0.717, 1.165) is 0 Å². The maximum atomic E-state index is 10.4. The molecule has 0 amide bonds. The minimum Gasteiger partial charge on any atom is -0.481 e. The van der Waals surface area contributed by atoms with Crippen molar-refractivity contribution in [3.05, 3.63) is 18.5 Å². The Bertz CT molecular complexity index is 348. The molecule has 0 saturated carbocycles. The lowest BCUT2D eigenvalue weighted by Crippen LogP contribution is -2.06. The van der Waals surface area contributed by atoms with Crippen LogP contribution >= 0.6 is 12.6 Å². The van der Waals surface area contributed by atoms with Crippen LogP contribution in [-0.2, 0) is 17.8 Å². The summed E-state index contributed by atoms with van der Waals surface area (Å²) in [6.07, 6.45) is 2.09. The molecule has 0 aliphatic rings. The van der Waals surface area contributed by atoms with Crippen molar-refractivity contribution >= 4 is 18.6 Å². The third-order valence-corrected chi connectivity index (χ3v) is 2.01. The number of hydrogen-bond donors (Lipinski definition) is 2. The van der Waals surface area contributed by atoms with Gasteiger partial charge in [0.1, 0.15) is 5.82 Å². The fourth-order valence-corrected chi connectivity index (χ4v) is 1.29. The first-order valence-electron chi connectivity index (χ1n) is 4.09. The van der Waals surface area contributed by atoms with Crippen molar-refractivity contribution < 1.29 is 9.90 Å². The monoisotopic (exact) mass is 213 g/mol. The number of allylic oxidation sites excluding steroid dienone is 1. The predicted molar refractivity (Wildman–Crippen MR) is 53.4 cm³/mol. The van der Waals surface area contributed by atoms with Crippen LogP contribution in [0.15, 0.2) is 17.8 Å². The molecule has 0 radical (unpaired) electrons. The molecule has 0 atom stereocenters. The molecule has 0 aliphatic heterocycles. The van der Waals surface area contributed by atoms with Gasteiger partial charge in [0.05, 0.1) is 6.42 Å². The Labute approximate surface area is 86.9 Å². The highest BCUT2D eigenvalue weighted by atomic mass is 32.1. The largest absolute Gasteiger partial charge is 0.481 e. The Balaban J connectivity index is 2.75. The van der Waals surface area contributed by atoms with Gasteiger partial charge in [0.25, 0.3) is 0 Å². The highest BCUT2D eigenvalue weighted by molar-refractivity contribution is 7.80. The molecule has 0 aliphatic carbocycles. The van der Waals surface area contributed by atoms with Crippen LogP contribution in [0.5, 0.6) is 0 Å². The van der Waals surface area contributed by atoms with Crippen molar-refractivity contribution in [2.75, 3.05) is 0 Å². The summed E-state index contributed by atoms with van der Waals surface area (Å²) in [6, 6.07) is 0. The van der Waals surface area contributed by atoms with Crippen LogP contribution in [0.1, 0.15) is 12.2 Å². The third kappa shape index (κ3) is 2.59. The van der Waals surface area contributed by atoms with Gasteiger partial charge in [0.15, 0.2) is 5.16 Å². The molecule has 6 heteroatoms. The number of aryl methyl sites for hydroxylation is 1. The Hall–Kier alpha value is -1.30. The first-order valence-corrected chi connectivity index (χ1v) is 4.53. The van der Waals surface area contributed by atoms with Gasteiger partial charge in [-0.25, -0.2) is 0 Å². The summed E-state index contributed by atoms with van der Waals surface area (Å²) in [5.41, 5.74) is 0. The molecule has 5 nitrogen and oxygen atoms in total. The summed E-state index contributed by atoms with van der Waals surface area (Å²) in [4.78, 5) is 10.4. The molecule has 0 saturated heterocycles. The van der Waals surface area contributed by atoms with E-state index in [1.165, 1.54) is 0 Å². The molecule has 0 spiro atoms. The van der Waals surface area contributed by atoms with Gasteiger partial charge < -0.3 is 9.67 Å². The second-order valence-electron chi connectivity index (χ2n) is 2.71. The summed E-state index contributed by atoms with van der Waals surface area (Å²) in [5, 5.41) is 16.6. The van der Waals surface area contributed by atoms with Crippen molar-refractivity contribution in [3.8, 4) is 0 Å². The van der Waals surface area contributed by atoms with Crippen molar-refractivity contribution in [2.24, 2.45) is 0 Å². The second kappa shape index (κ2) is 4.80. The van der Waals surface area contributed by atoms with Crippen LogP contribution in [-0.4, -0.2) is 25.8 Å². The van der Waals surface area contributed by atoms with Gasteiger partial charge in [-0.15, -0.1) is 29.4 Å². The van der Waals surface area contributed by atoms with E-state index in [0.29, 0.717) is 23.9 Å². The molecule has 1 N–H and O–H groups in total. The zero-order valence-corrected chi connectivity index (χ0v) is 8.44. The summed E-state index contributed by atoms with van der Waals surface area (Å²) in [6.45, 7) is 4.13. The number of hydrogen-bond acceptors (Lipinski definition) is 4. The number of rotatable bonds is 5. The molecular formula is C8H11N3O2S. The summed E-state index contributed by atoms with van der Waals surface area (Å²) in [7, 11) is 0. The summed E-state index contributed by atoms with van der Waals surface area (Å²) in [5.74, 6) is -0.226. The average molecular weight is 213 g/mol. The maximum absolute atomic E-state index is 10.4. The van der Waals surface area contributed by atoms with Crippen LogP contribution in [0, 0.1) is 0 Å². The van der Waals surface area contributed by atoms with E-state index in [4.69, 9.17) is 5.11 Å². The Morgan fingerprint density at radius 3 is 2.93 bits per heavy atom. The van der Waals surface area contributed by atoms with E-state index in [2.05, 4.69) is 29.4 Å². The molecule has 0 unspecified atom stereocenters. The van der Waals surface area contributed by atoms with Gasteiger partial charge in [-0.2, -0.15) is 0 Å². The van der Waals surface area contributed by atoms with Crippen LogP contribution in [0.2, 0.25) is 0 Å². The standard InChI is InChI=1S/C8H11N3O2S/c1-2-5-11-6(3-4-7(12)13)9-10-8(11)14/h2H,1,3-5H2,(H,10,14)(H,12,13). The van der Waals surface area contributed by atoms with E-state index in [1.807, 2.05) is 0 Å². The van der Waals surface area contributed by atoms with Gasteiger partial charge in [-0.05, 0) is 0 Å². The number of carbonyl (C=O) groups is 1. The molecule has 0 bridgehead atoms. The lowest BCUT2D eigenvalue weighted by molar-refractivity contribution is -0.137.